The quantitative estimate of drug-likeness (QED) is 0.245. The molecule has 1 aliphatic carbocycles. The van der Waals surface area contributed by atoms with Crippen LogP contribution in [0.25, 0.3) is 32.7 Å². The molecule has 1 nitrogen and oxygen atoms in total. The maximum absolute atomic E-state index is 13.2. The molecular weight excluding hydrogens is 428 g/mol. The van der Waals surface area contributed by atoms with Gasteiger partial charge in [-0.25, -0.2) is 0 Å². The number of hydrogen-bond donors (Lipinski definition) is 0. The molecule has 114 valence electrons. The molecule has 4 aromatic carbocycles. The van der Waals surface area contributed by atoms with Gasteiger partial charge < -0.3 is 0 Å². The average Bonchev–Trinajstić information content (AvgIpc) is 2.88. The normalized spacial score (nSPS) is 12.7. The predicted octanol–water partition coefficient (Wildman–Crippen LogP) is 6.73. The Bertz CT molecular complexity index is 1190. The number of hydrogen-bond acceptors (Lipinski definition) is 1. The van der Waals surface area contributed by atoms with Crippen molar-refractivity contribution in [3.63, 3.8) is 0 Å². The molecule has 0 aliphatic heterocycles. The Morgan fingerprint density at radius 1 is 0.583 bits per heavy atom. The van der Waals surface area contributed by atoms with Crippen molar-refractivity contribution in [1.29, 1.82) is 0 Å². The predicted molar refractivity (Wildman–Crippen MR) is 106 cm³/mol. The lowest BCUT2D eigenvalue weighted by Crippen LogP contribution is -1.97. The number of benzene rings is 4. The highest BCUT2D eigenvalue weighted by molar-refractivity contribution is 9.10. The van der Waals surface area contributed by atoms with Gasteiger partial charge in [0, 0.05) is 25.6 Å². The third-order valence-corrected chi connectivity index (χ3v) is 5.70. The average molecular weight is 438 g/mol. The molecule has 4 aromatic rings. The van der Waals surface area contributed by atoms with Crippen LogP contribution in [0.1, 0.15) is 15.9 Å². The highest BCUT2D eigenvalue weighted by Crippen LogP contribution is 2.46. The fraction of sp³-hybridized carbons (Fsp3) is 0. The molecule has 0 saturated heterocycles. The van der Waals surface area contributed by atoms with Gasteiger partial charge in [0.15, 0.2) is 5.78 Å². The lowest BCUT2D eigenvalue weighted by Gasteiger charge is -2.11. The number of halogens is 2. The van der Waals surface area contributed by atoms with Crippen LogP contribution in [0.15, 0.2) is 69.6 Å². The van der Waals surface area contributed by atoms with Crippen LogP contribution in [-0.4, -0.2) is 5.78 Å². The molecule has 0 spiro atoms. The van der Waals surface area contributed by atoms with E-state index in [0.29, 0.717) is 0 Å². The molecular formula is C21H10Br2O. The van der Waals surface area contributed by atoms with Crippen LogP contribution in [0.2, 0.25) is 0 Å². The van der Waals surface area contributed by atoms with E-state index < -0.39 is 0 Å². The maximum Gasteiger partial charge on any atom is 0.194 e. The second kappa shape index (κ2) is 5.01. The van der Waals surface area contributed by atoms with Gasteiger partial charge >= 0.3 is 0 Å². The van der Waals surface area contributed by atoms with Crippen LogP contribution in [0.3, 0.4) is 0 Å². The summed E-state index contributed by atoms with van der Waals surface area (Å²) in [6.45, 7) is 0. The number of carbonyl (C=O) groups excluding carboxylic acids is 1. The molecule has 1 aliphatic rings. The van der Waals surface area contributed by atoms with E-state index in [1.807, 2.05) is 42.5 Å². The second-order valence-electron chi connectivity index (χ2n) is 6.00. The lowest BCUT2D eigenvalue weighted by molar-refractivity contribution is 0.104. The van der Waals surface area contributed by atoms with Gasteiger partial charge in [-0.15, -0.1) is 0 Å². The summed E-state index contributed by atoms with van der Waals surface area (Å²) >= 11 is 7.05. The molecule has 0 saturated carbocycles. The fourth-order valence-corrected chi connectivity index (χ4v) is 4.46. The molecule has 0 fully saturated rings. The molecule has 5 rings (SSSR count). The zero-order valence-corrected chi connectivity index (χ0v) is 15.6. The van der Waals surface area contributed by atoms with Gasteiger partial charge in [-0.1, -0.05) is 68.3 Å². The number of fused-ring (bicyclic) bond motifs is 8. The van der Waals surface area contributed by atoms with Gasteiger partial charge in [0.25, 0.3) is 0 Å². The van der Waals surface area contributed by atoms with E-state index in [4.69, 9.17) is 0 Å². The molecule has 0 N–H and O–H groups in total. The summed E-state index contributed by atoms with van der Waals surface area (Å²) in [5.74, 6) is 0.111. The Balaban J connectivity index is 2.08. The molecule has 0 unspecified atom stereocenters. The molecule has 0 radical (unpaired) electrons. The third-order valence-electron chi connectivity index (χ3n) is 4.71. The molecule has 0 atom stereocenters. The van der Waals surface area contributed by atoms with E-state index in [1.54, 1.807) is 0 Å². The SMILES string of the molecule is O=C1c2cc(Br)ccc2-c2c1c1ccc(Br)cc1c1ccccc21. The molecule has 3 heteroatoms. The van der Waals surface area contributed by atoms with Crippen molar-refractivity contribution in [3.8, 4) is 11.1 Å². The van der Waals surface area contributed by atoms with Crippen LogP contribution < -0.4 is 0 Å². The van der Waals surface area contributed by atoms with Crippen LogP contribution in [0, 0.1) is 0 Å². The summed E-state index contributed by atoms with van der Waals surface area (Å²) < 4.78 is 1.95. The third kappa shape index (κ3) is 1.83. The van der Waals surface area contributed by atoms with Crippen molar-refractivity contribution in [2.75, 3.05) is 0 Å². The second-order valence-corrected chi connectivity index (χ2v) is 7.84. The first-order valence-electron chi connectivity index (χ1n) is 7.64. The standard InChI is InChI=1S/C21H10Br2O/c22-11-5-7-15-17(9-11)13-3-1-2-4-14(13)19-16-8-6-12(23)10-18(16)21(24)20(15)19/h1-10H. The van der Waals surface area contributed by atoms with E-state index in [-0.39, 0.29) is 5.78 Å². The summed E-state index contributed by atoms with van der Waals surface area (Å²) in [6.07, 6.45) is 0. The summed E-state index contributed by atoms with van der Waals surface area (Å²) in [5, 5.41) is 4.44. The Morgan fingerprint density at radius 2 is 1.25 bits per heavy atom. The van der Waals surface area contributed by atoms with Gasteiger partial charge in [-0.2, -0.15) is 0 Å². The van der Waals surface area contributed by atoms with Crippen molar-refractivity contribution < 1.29 is 4.79 Å². The molecule has 0 amide bonds. The lowest BCUT2D eigenvalue weighted by atomic mass is 9.91. The van der Waals surface area contributed by atoms with Crippen molar-refractivity contribution in [3.05, 3.63) is 80.7 Å². The van der Waals surface area contributed by atoms with Gasteiger partial charge in [0.2, 0.25) is 0 Å². The minimum absolute atomic E-state index is 0.111. The Hall–Kier alpha value is -1.97. The van der Waals surface area contributed by atoms with Crippen molar-refractivity contribution in [2.24, 2.45) is 0 Å². The number of rotatable bonds is 0. The molecule has 0 aromatic heterocycles. The number of ketones is 1. The van der Waals surface area contributed by atoms with Crippen LogP contribution >= 0.6 is 31.9 Å². The van der Waals surface area contributed by atoms with Crippen molar-refractivity contribution in [1.82, 2.24) is 0 Å². The smallest absolute Gasteiger partial charge is 0.194 e. The summed E-state index contributed by atoms with van der Waals surface area (Å²) in [6, 6.07) is 20.4. The van der Waals surface area contributed by atoms with Crippen molar-refractivity contribution >= 4 is 59.2 Å². The first-order valence-corrected chi connectivity index (χ1v) is 9.22. The summed E-state index contributed by atoms with van der Waals surface area (Å²) in [7, 11) is 0. The zero-order chi connectivity index (χ0) is 16.4. The van der Waals surface area contributed by atoms with Crippen LogP contribution in [0.5, 0.6) is 0 Å². The van der Waals surface area contributed by atoms with Gasteiger partial charge in [-0.05, 0) is 51.4 Å². The Morgan fingerprint density at radius 3 is 2.08 bits per heavy atom. The van der Waals surface area contributed by atoms with Gasteiger partial charge in [0.05, 0.1) is 0 Å². The van der Waals surface area contributed by atoms with E-state index in [0.717, 1.165) is 47.4 Å². The van der Waals surface area contributed by atoms with E-state index in [1.165, 1.54) is 5.39 Å². The highest BCUT2D eigenvalue weighted by atomic mass is 79.9. The minimum atomic E-state index is 0.111. The highest BCUT2D eigenvalue weighted by Gasteiger charge is 2.31. The maximum atomic E-state index is 13.2. The minimum Gasteiger partial charge on any atom is -0.289 e. The summed E-state index contributed by atoms with van der Waals surface area (Å²) in [5.41, 5.74) is 3.69. The van der Waals surface area contributed by atoms with Crippen LogP contribution in [-0.2, 0) is 0 Å². The first-order chi connectivity index (χ1) is 11.6. The Kier molecular flexibility index (Phi) is 3.00. The van der Waals surface area contributed by atoms with E-state index in [2.05, 4.69) is 50.1 Å². The molecule has 24 heavy (non-hydrogen) atoms. The number of carbonyl (C=O) groups is 1. The zero-order valence-electron chi connectivity index (χ0n) is 12.4. The molecule has 0 heterocycles. The van der Waals surface area contributed by atoms with E-state index >= 15 is 0 Å². The monoisotopic (exact) mass is 436 g/mol. The van der Waals surface area contributed by atoms with Gasteiger partial charge in [-0.3, -0.25) is 4.79 Å². The largest absolute Gasteiger partial charge is 0.289 e. The fourth-order valence-electron chi connectivity index (χ4n) is 3.74. The van der Waals surface area contributed by atoms with Gasteiger partial charge in [0.1, 0.15) is 0 Å². The topological polar surface area (TPSA) is 17.1 Å². The van der Waals surface area contributed by atoms with E-state index in [9.17, 15) is 4.79 Å². The first kappa shape index (κ1) is 14.4. The van der Waals surface area contributed by atoms with Crippen LogP contribution in [0.4, 0.5) is 0 Å². The Labute approximate surface area is 155 Å². The molecule has 0 bridgehead atoms. The summed E-state index contributed by atoms with van der Waals surface area (Å²) in [4.78, 5) is 13.2. The van der Waals surface area contributed by atoms with Crippen molar-refractivity contribution in [2.45, 2.75) is 0 Å².